The molecule has 1 aliphatic heterocycles. The van der Waals surface area contributed by atoms with Gasteiger partial charge in [-0.25, -0.2) is 9.97 Å². The molecule has 0 radical (unpaired) electrons. The Morgan fingerprint density at radius 1 is 1.32 bits per heavy atom. The van der Waals surface area contributed by atoms with Crippen LogP contribution in [0.3, 0.4) is 0 Å². The van der Waals surface area contributed by atoms with Crippen molar-refractivity contribution in [3.63, 3.8) is 0 Å². The van der Waals surface area contributed by atoms with Gasteiger partial charge < -0.3 is 15.5 Å². The van der Waals surface area contributed by atoms with Crippen LogP contribution in [0.1, 0.15) is 26.1 Å². The molecule has 5 heteroatoms. The first-order chi connectivity index (χ1) is 9.15. The molecule has 1 aromatic heterocycles. The number of nitrogens with zero attached hydrogens (tertiary/aromatic N) is 3. The van der Waals surface area contributed by atoms with Gasteiger partial charge in [-0.1, -0.05) is 13.8 Å². The first-order valence-electron chi connectivity index (χ1n) is 7.20. The van der Waals surface area contributed by atoms with E-state index in [1.54, 1.807) is 0 Å². The fraction of sp³-hybridized carbons (Fsp3) is 0.714. The molecule has 0 aromatic carbocycles. The maximum absolute atomic E-state index is 4.57. The molecule has 2 rings (SSSR count). The minimum atomic E-state index is 0.612. The Bertz CT molecular complexity index is 397. The fourth-order valence-corrected chi connectivity index (χ4v) is 2.19. The number of hydrogen-bond donors (Lipinski definition) is 2. The predicted molar refractivity (Wildman–Crippen MR) is 79.8 cm³/mol. The Morgan fingerprint density at radius 2 is 2.16 bits per heavy atom. The summed E-state index contributed by atoms with van der Waals surface area (Å²) in [7, 11) is 0. The Labute approximate surface area is 115 Å². The van der Waals surface area contributed by atoms with Gasteiger partial charge in [0.15, 0.2) is 0 Å². The van der Waals surface area contributed by atoms with Gasteiger partial charge in [0.1, 0.15) is 17.5 Å². The van der Waals surface area contributed by atoms with Gasteiger partial charge in [0.05, 0.1) is 0 Å². The highest BCUT2D eigenvalue weighted by Crippen LogP contribution is 2.17. The minimum absolute atomic E-state index is 0.612. The average Bonchev–Trinajstić information content (AvgIpc) is 2.64. The molecule has 0 unspecified atom stereocenters. The Balaban J connectivity index is 2.10. The van der Waals surface area contributed by atoms with E-state index in [1.807, 2.05) is 6.92 Å². The summed E-state index contributed by atoms with van der Waals surface area (Å²) in [6.45, 7) is 11.5. The molecule has 5 nitrogen and oxygen atoms in total. The van der Waals surface area contributed by atoms with Gasteiger partial charge in [-0.2, -0.15) is 0 Å². The lowest BCUT2D eigenvalue weighted by molar-refractivity contribution is 0.686. The molecular weight excluding hydrogens is 238 g/mol. The molecule has 2 N–H and O–H groups in total. The first-order valence-corrected chi connectivity index (χ1v) is 7.20. The van der Waals surface area contributed by atoms with Crippen molar-refractivity contribution in [1.82, 2.24) is 15.3 Å². The number of nitrogens with one attached hydrogen (secondary N) is 2. The van der Waals surface area contributed by atoms with Crippen molar-refractivity contribution >= 4 is 11.6 Å². The molecule has 0 amide bonds. The van der Waals surface area contributed by atoms with E-state index in [9.17, 15) is 0 Å². The maximum atomic E-state index is 4.57. The number of rotatable bonds is 4. The third-order valence-corrected chi connectivity index (χ3v) is 3.18. The summed E-state index contributed by atoms with van der Waals surface area (Å²) in [4.78, 5) is 11.4. The monoisotopic (exact) mass is 263 g/mol. The van der Waals surface area contributed by atoms with Crippen molar-refractivity contribution in [1.29, 1.82) is 0 Å². The van der Waals surface area contributed by atoms with Crippen molar-refractivity contribution in [3.05, 3.63) is 11.9 Å². The van der Waals surface area contributed by atoms with Gasteiger partial charge in [-0.05, 0) is 25.8 Å². The fourth-order valence-electron chi connectivity index (χ4n) is 2.19. The van der Waals surface area contributed by atoms with Crippen LogP contribution in [0.15, 0.2) is 6.07 Å². The second kappa shape index (κ2) is 6.70. The predicted octanol–water partition coefficient (Wildman–Crippen LogP) is 1.65. The molecule has 0 bridgehead atoms. The van der Waals surface area contributed by atoms with E-state index in [0.717, 1.165) is 56.6 Å². The van der Waals surface area contributed by atoms with Gasteiger partial charge in [-0.3, -0.25) is 0 Å². The highest BCUT2D eigenvalue weighted by molar-refractivity contribution is 5.49. The first kappa shape index (κ1) is 14.1. The van der Waals surface area contributed by atoms with Crippen LogP contribution in [0, 0.1) is 12.8 Å². The summed E-state index contributed by atoms with van der Waals surface area (Å²) >= 11 is 0. The highest BCUT2D eigenvalue weighted by Gasteiger charge is 2.12. The summed E-state index contributed by atoms with van der Waals surface area (Å²) in [5.74, 6) is 3.43. The summed E-state index contributed by atoms with van der Waals surface area (Å²) in [5, 5.41) is 6.80. The minimum Gasteiger partial charge on any atom is -0.370 e. The average molecular weight is 263 g/mol. The smallest absolute Gasteiger partial charge is 0.134 e. The summed E-state index contributed by atoms with van der Waals surface area (Å²) < 4.78 is 0. The third-order valence-electron chi connectivity index (χ3n) is 3.18. The van der Waals surface area contributed by atoms with Crippen LogP contribution in [-0.2, 0) is 0 Å². The molecule has 106 valence electrons. The van der Waals surface area contributed by atoms with Crippen LogP contribution in [0.4, 0.5) is 11.6 Å². The molecule has 0 spiro atoms. The van der Waals surface area contributed by atoms with Crippen molar-refractivity contribution < 1.29 is 0 Å². The highest BCUT2D eigenvalue weighted by atomic mass is 15.2. The molecule has 1 aromatic rings. The zero-order chi connectivity index (χ0) is 13.7. The maximum Gasteiger partial charge on any atom is 0.134 e. The molecule has 1 saturated heterocycles. The van der Waals surface area contributed by atoms with Crippen molar-refractivity contribution in [2.24, 2.45) is 5.92 Å². The molecular formula is C14H25N5. The van der Waals surface area contributed by atoms with E-state index in [0.29, 0.717) is 5.92 Å². The number of hydrogen-bond acceptors (Lipinski definition) is 5. The summed E-state index contributed by atoms with van der Waals surface area (Å²) in [6.07, 6.45) is 1.16. The quantitative estimate of drug-likeness (QED) is 0.865. The molecule has 0 aliphatic carbocycles. The standard InChI is InChI=1S/C14H25N5/c1-11(2)10-16-13-9-14(18-12(3)17-13)19-7-4-5-15-6-8-19/h9,11,15H,4-8,10H2,1-3H3,(H,16,17,18). The normalized spacial score (nSPS) is 16.5. The molecule has 0 atom stereocenters. The van der Waals surface area contributed by atoms with Crippen molar-refractivity contribution in [3.8, 4) is 0 Å². The van der Waals surface area contributed by atoms with Crippen molar-refractivity contribution in [2.75, 3.05) is 42.9 Å². The molecule has 1 fully saturated rings. The Morgan fingerprint density at radius 3 is 2.95 bits per heavy atom. The van der Waals surface area contributed by atoms with Crippen molar-refractivity contribution in [2.45, 2.75) is 27.2 Å². The lowest BCUT2D eigenvalue weighted by atomic mass is 10.2. The zero-order valence-electron chi connectivity index (χ0n) is 12.2. The van der Waals surface area contributed by atoms with E-state index < -0.39 is 0 Å². The van der Waals surface area contributed by atoms with E-state index in [1.165, 1.54) is 0 Å². The van der Waals surface area contributed by atoms with Crippen LogP contribution < -0.4 is 15.5 Å². The van der Waals surface area contributed by atoms with E-state index in [2.05, 4.69) is 45.4 Å². The van der Waals surface area contributed by atoms with Gasteiger partial charge in [0.25, 0.3) is 0 Å². The van der Waals surface area contributed by atoms with Gasteiger partial charge in [-0.15, -0.1) is 0 Å². The number of aryl methyl sites for hydroxylation is 1. The van der Waals surface area contributed by atoms with Crippen LogP contribution in [-0.4, -0.2) is 42.7 Å². The lowest BCUT2D eigenvalue weighted by Gasteiger charge is -2.22. The van der Waals surface area contributed by atoms with Gasteiger partial charge >= 0.3 is 0 Å². The van der Waals surface area contributed by atoms with Crippen LogP contribution in [0.25, 0.3) is 0 Å². The topological polar surface area (TPSA) is 53.1 Å². The number of aromatic nitrogens is 2. The van der Waals surface area contributed by atoms with E-state index in [4.69, 9.17) is 0 Å². The second-order valence-corrected chi connectivity index (χ2v) is 5.52. The molecule has 0 saturated carbocycles. The zero-order valence-corrected chi connectivity index (χ0v) is 12.2. The Kier molecular flexibility index (Phi) is 4.96. The van der Waals surface area contributed by atoms with Gasteiger partial charge in [0.2, 0.25) is 0 Å². The summed E-state index contributed by atoms with van der Waals surface area (Å²) in [6, 6.07) is 2.07. The Hall–Kier alpha value is -1.36. The van der Waals surface area contributed by atoms with Crippen LogP contribution in [0.5, 0.6) is 0 Å². The van der Waals surface area contributed by atoms with Gasteiger partial charge in [0, 0.05) is 32.2 Å². The largest absolute Gasteiger partial charge is 0.370 e. The molecule has 1 aliphatic rings. The summed E-state index contributed by atoms with van der Waals surface area (Å²) in [5.41, 5.74) is 0. The SMILES string of the molecule is Cc1nc(NCC(C)C)cc(N2CCCNCC2)n1. The number of anilines is 2. The second-order valence-electron chi connectivity index (χ2n) is 5.52. The van der Waals surface area contributed by atoms with E-state index >= 15 is 0 Å². The third kappa shape index (κ3) is 4.35. The lowest BCUT2D eigenvalue weighted by Crippen LogP contribution is -2.29. The molecule has 19 heavy (non-hydrogen) atoms. The van der Waals surface area contributed by atoms with E-state index in [-0.39, 0.29) is 0 Å². The van der Waals surface area contributed by atoms with Crippen LogP contribution in [0.2, 0.25) is 0 Å². The molecule has 2 heterocycles. The van der Waals surface area contributed by atoms with Crippen LogP contribution >= 0.6 is 0 Å².